The molecule has 21 heavy (non-hydrogen) atoms. The maximum Gasteiger partial charge on any atom is 0.334 e. The Balaban J connectivity index is 2.92. The van der Waals surface area contributed by atoms with Gasteiger partial charge in [-0.1, -0.05) is 0 Å². The van der Waals surface area contributed by atoms with E-state index in [0.29, 0.717) is 0 Å². The molecule has 9 heteroatoms. The second-order valence-corrected chi connectivity index (χ2v) is 4.73. The number of rotatable bonds is 5. The van der Waals surface area contributed by atoms with Crippen LogP contribution in [0.25, 0.3) is 0 Å². The first kappa shape index (κ1) is 17.8. The number of aliphatic hydroxyl groups excluding tert-OH is 3. The molecule has 0 aromatic heterocycles. The number of amides is 1. The number of hydrogen-bond acceptors (Lipinski definition) is 8. The van der Waals surface area contributed by atoms with E-state index in [1.165, 1.54) is 21.0 Å². The number of ether oxygens (including phenoxy) is 3. The van der Waals surface area contributed by atoms with Crippen molar-refractivity contribution in [1.29, 1.82) is 0 Å². The highest BCUT2D eigenvalue weighted by Gasteiger charge is 2.46. The third kappa shape index (κ3) is 4.35. The zero-order valence-corrected chi connectivity index (χ0v) is 12.1. The molecule has 1 unspecified atom stereocenters. The molecule has 0 spiro atoms. The fourth-order valence-corrected chi connectivity index (χ4v) is 2.09. The molecular weight excluding hydrogens is 286 g/mol. The van der Waals surface area contributed by atoms with E-state index in [-0.39, 0.29) is 0 Å². The molecular formula is C12H21NO8. The van der Waals surface area contributed by atoms with Crippen molar-refractivity contribution < 1.29 is 39.1 Å². The summed E-state index contributed by atoms with van der Waals surface area (Å²) in [4.78, 5) is 22.6. The van der Waals surface area contributed by atoms with Crippen molar-refractivity contribution in [1.82, 2.24) is 5.32 Å². The van der Waals surface area contributed by atoms with Gasteiger partial charge in [0.25, 0.3) is 0 Å². The number of carbonyl (C=O) groups is 2. The Morgan fingerprint density at radius 1 is 1.38 bits per heavy atom. The predicted molar refractivity (Wildman–Crippen MR) is 67.9 cm³/mol. The molecule has 0 aromatic carbocycles. The maximum atomic E-state index is 11.4. The lowest BCUT2D eigenvalue weighted by Crippen LogP contribution is -2.65. The molecule has 1 saturated heterocycles. The highest BCUT2D eigenvalue weighted by molar-refractivity contribution is 5.74. The van der Waals surface area contributed by atoms with Gasteiger partial charge in [0.05, 0.1) is 13.7 Å². The van der Waals surface area contributed by atoms with Gasteiger partial charge in [0.2, 0.25) is 5.91 Å². The van der Waals surface area contributed by atoms with Gasteiger partial charge in [0, 0.05) is 6.92 Å². The number of methoxy groups -OCH3 is 1. The first-order chi connectivity index (χ1) is 9.81. The first-order valence-electron chi connectivity index (χ1n) is 6.44. The van der Waals surface area contributed by atoms with Crippen LogP contribution in [-0.4, -0.2) is 77.7 Å². The number of esters is 1. The van der Waals surface area contributed by atoms with Crippen molar-refractivity contribution in [3.8, 4) is 0 Å². The smallest absolute Gasteiger partial charge is 0.334 e. The summed E-state index contributed by atoms with van der Waals surface area (Å²) in [6.45, 7) is 2.06. The molecule has 6 atom stereocenters. The van der Waals surface area contributed by atoms with E-state index in [1.807, 2.05) is 0 Å². The molecule has 1 heterocycles. The number of nitrogens with one attached hydrogen (secondary N) is 1. The number of hydrogen-bond donors (Lipinski definition) is 4. The van der Waals surface area contributed by atoms with Crippen LogP contribution in [0.3, 0.4) is 0 Å². The molecule has 0 aromatic rings. The Hall–Kier alpha value is -1.26. The van der Waals surface area contributed by atoms with Crippen molar-refractivity contribution in [2.24, 2.45) is 0 Å². The van der Waals surface area contributed by atoms with Gasteiger partial charge >= 0.3 is 5.97 Å². The largest absolute Gasteiger partial charge is 0.467 e. The first-order valence-corrected chi connectivity index (χ1v) is 6.44. The van der Waals surface area contributed by atoms with E-state index in [2.05, 4.69) is 10.1 Å². The average Bonchev–Trinajstić information content (AvgIpc) is 2.44. The molecule has 0 saturated carbocycles. The Morgan fingerprint density at radius 3 is 2.48 bits per heavy atom. The number of carbonyl (C=O) groups excluding carboxylic acids is 2. The van der Waals surface area contributed by atoms with E-state index in [1.54, 1.807) is 0 Å². The fourth-order valence-electron chi connectivity index (χ4n) is 2.09. The minimum Gasteiger partial charge on any atom is -0.467 e. The Bertz CT molecular complexity index is 376. The van der Waals surface area contributed by atoms with Gasteiger partial charge < -0.3 is 34.8 Å². The Morgan fingerprint density at radius 2 is 2.00 bits per heavy atom. The average molecular weight is 307 g/mol. The molecule has 0 aliphatic carbocycles. The lowest BCUT2D eigenvalue weighted by molar-refractivity contribution is -0.267. The lowest BCUT2D eigenvalue weighted by atomic mass is 9.96. The minimum absolute atomic E-state index is 0.475. The van der Waals surface area contributed by atoms with Gasteiger partial charge in [-0.05, 0) is 6.92 Å². The summed E-state index contributed by atoms with van der Waals surface area (Å²) in [7, 11) is 1.18. The van der Waals surface area contributed by atoms with E-state index >= 15 is 0 Å². The maximum absolute atomic E-state index is 11.4. The van der Waals surface area contributed by atoms with Gasteiger partial charge in [0.15, 0.2) is 12.4 Å². The minimum atomic E-state index is -1.50. The van der Waals surface area contributed by atoms with Crippen LogP contribution in [0.5, 0.6) is 0 Å². The molecule has 4 N–H and O–H groups in total. The molecule has 122 valence electrons. The summed E-state index contributed by atoms with van der Waals surface area (Å²) in [5, 5.41) is 31.5. The van der Waals surface area contributed by atoms with E-state index < -0.39 is 55.2 Å². The summed E-state index contributed by atoms with van der Waals surface area (Å²) in [6.07, 6.45) is -6.12. The van der Waals surface area contributed by atoms with Gasteiger partial charge in [0.1, 0.15) is 24.4 Å². The third-order valence-electron chi connectivity index (χ3n) is 3.14. The van der Waals surface area contributed by atoms with Gasteiger partial charge in [-0.15, -0.1) is 0 Å². The summed E-state index contributed by atoms with van der Waals surface area (Å²) >= 11 is 0. The van der Waals surface area contributed by atoms with Crippen molar-refractivity contribution >= 4 is 11.9 Å². The monoisotopic (exact) mass is 307 g/mol. The zero-order valence-electron chi connectivity index (χ0n) is 12.1. The van der Waals surface area contributed by atoms with Crippen LogP contribution in [-0.2, 0) is 23.8 Å². The summed E-state index contributed by atoms with van der Waals surface area (Å²) < 4.78 is 14.9. The predicted octanol–water partition coefficient (Wildman–Crippen LogP) is -2.49. The van der Waals surface area contributed by atoms with E-state index in [0.717, 1.165) is 0 Å². The van der Waals surface area contributed by atoms with Gasteiger partial charge in [-0.2, -0.15) is 0 Å². The molecule has 0 bridgehead atoms. The van der Waals surface area contributed by atoms with Crippen LogP contribution in [0, 0.1) is 0 Å². The molecule has 1 rings (SSSR count). The second kappa shape index (κ2) is 7.66. The van der Waals surface area contributed by atoms with Crippen molar-refractivity contribution in [2.75, 3.05) is 13.7 Å². The highest BCUT2D eigenvalue weighted by atomic mass is 16.6. The SMILES string of the molecule is COC(=O)[C@@H](C)O[C@@H]1[C@H](NC(C)=O)[C@H](O)OC(CO)[C@H]1O. The van der Waals surface area contributed by atoms with Crippen LogP contribution in [0.1, 0.15) is 13.8 Å². The molecule has 1 aliphatic heterocycles. The molecule has 9 nitrogen and oxygen atoms in total. The number of aliphatic hydroxyl groups is 3. The van der Waals surface area contributed by atoms with Crippen LogP contribution in [0.15, 0.2) is 0 Å². The highest BCUT2D eigenvalue weighted by Crippen LogP contribution is 2.23. The van der Waals surface area contributed by atoms with Crippen LogP contribution in [0.4, 0.5) is 0 Å². The van der Waals surface area contributed by atoms with Gasteiger partial charge in [-0.25, -0.2) is 4.79 Å². The van der Waals surface area contributed by atoms with Crippen molar-refractivity contribution in [2.45, 2.75) is 50.6 Å². The van der Waals surface area contributed by atoms with Crippen molar-refractivity contribution in [3.05, 3.63) is 0 Å². The third-order valence-corrected chi connectivity index (χ3v) is 3.14. The Kier molecular flexibility index (Phi) is 6.49. The molecule has 1 amide bonds. The molecule has 1 aliphatic rings. The van der Waals surface area contributed by atoms with Crippen LogP contribution < -0.4 is 5.32 Å². The second-order valence-electron chi connectivity index (χ2n) is 4.73. The molecule has 1 fully saturated rings. The molecule has 0 radical (unpaired) electrons. The van der Waals surface area contributed by atoms with E-state index in [9.17, 15) is 19.8 Å². The summed E-state index contributed by atoms with van der Waals surface area (Å²) in [5.74, 6) is -1.15. The standard InChI is InChI=1S/C12H21NO8/c1-5(11(17)19-3)20-10-8(13-6(2)15)12(18)21-7(4-14)9(10)16/h5,7-10,12,14,16,18H,4H2,1-3H3,(H,13,15)/t5-,7?,8+,9-,10-,12-/m1/s1. The summed E-state index contributed by atoms with van der Waals surface area (Å²) in [5.41, 5.74) is 0. The fraction of sp³-hybridized carbons (Fsp3) is 0.833. The topological polar surface area (TPSA) is 135 Å². The normalized spacial score (nSPS) is 34.1. The Labute approximate surface area is 121 Å². The van der Waals surface area contributed by atoms with E-state index in [4.69, 9.17) is 14.6 Å². The van der Waals surface area contributed by atoms with Crippen molar-refractivity contribution in [3.63, 3.8) is 0 Å². The summed E-state index contributed by atoms with van der Waals surface area (Å²) in [6, 6.07) is -1.09. The zero-order chi connectivity index (χ0) is 16.2. The quantitative estimate of drug-likeness (QED) is 0.410. The van der Waals surface area contributed by atoms with Crippen LogP contribution >= 0.6 is 0 Å². The lowest BCUT2D eigenvalue weighted by Gasteiger charge is -2.43. The van der Waals surface area contributed by atoms with Crippen LogP contribution in [0.2, 0.25) is 0 Å². The van der Waals surface area contributed by atoms with Gasteiger partial charge in [-0.3, -0.25) is 4.79 Å².